The molecule has 0 saturated heterocycles. The number of aliphatic hydroxyl groups is 1. The number of nitrogens with zero attached hydrogens (tertiary/aromatic N) is 1. The van der Waals surface area contributed by atoms with E-state index in [1.54, 1.807) is 0 Å². The van der Waals surface area contributed by atoms with Crippen molar-refractivity contribution in [1.82, 2.24) is 0 Å². The van der Waals surface area contributed by atoms with Gasteiger partial charge in [-0.15, -0.1) is 0 Å². The van der Waals surface area contributed by atoms with Crippen LogP contribution in [0.25, 0.3) is 0 Å². The van der Waals surface area contributed by atoms with Gasteiger partial charge in [0.05, 0.1) is 27.7 Å². The number of phosphoric ester groups is 1. The summed E-state index contributed by atoms with van der Waals surface area (Å²) in [5, 5.41) is 8.80. The molecule has 336 valence electrons. The van der Waals surface area contributed by atoms with Gasteiger partial charge in [0.15, 0.2) is 6.10 Å². The number of carbonyl (C=O) groups excluding carboxylic acids is 2. The van der Waals surface area contributed by atoms with Gasteiger partial charge < -0.3 is 33.0 Å². The second-order valence-corrected chi connectivity index (χ2v) is 16.8. The van der Waals surface area contributed by atoms with Gasteiger partial charge in [-0.2, -0.15) is 0 Å². The minimum Gasteiger partial charge on any atom is -0.756 e. The molecule has 0 aliphatic carbocycles. The lowest BCUT2D eigenvalue weighted by molar-refractivity contribution is -0.870. The Bertz CT molecular complexity index is 1320. The van der Waals surface area contributed by atoms with E-state index >= 15 is 0 Å². The molecule has 0 aromatic heterocycles. The van der Waals surface area contributed by atoms with Crippen molar-refractivity contribution in [2.75, 3.05) is 54.1 Å². The van der Waals surface area contributed by atoms with Gasteiger partial charge in [-0.3, -0.25) is 14.2 Å². The van der Waals surface area contributed by atoms with Crippen LogP contribution in [0.2, 0.25) is 0 Å². The Labute approximate surface area is 358 Å². The zero-order chi connectivity index (χ0) is 43.6. The third kappa shape index (κ3) is 44.3. The highest BCUT2D eigenvalue weighted by atomic mass is 31.2. The van der Waals surface area contributed by atoms with Crippen LogP contribution in [-0.2, 0) is 32.7 Å². The van der Waals surface area contributed by atoms with Crippen LogP contribution in [0.4, 0.5) is 0 Å². The van der Waals surface area contributed by atoms with E-state index in [0.717, 1.165) is 96.3 Å². The fraction of sp³-hybridized carbons (Fsp3) is 0.625. The van der Waals surface area contributed by atoms with Crippen molar-refractivity contribution < 1.29 is 47.2 Å². The summed E-state index contributed by atoms with van der Waals surface area (Å²) in [6.07, 6.45) is 50.3. The molecule has 11 heteroatoms. The zero-order valence-electron chi connectivity index (χ0n) is 37.1. The summed E-state index contributed by atoms with van der Waals surface area (Å²) in [6, 6.07) is 0. The molecule has 0 heterocycles. The summed E-state index contributed by atoms with van der Waals surface area (Å²) in [5.41, 5.74) is 0. The van der Waals surface area contributed by atoms with Crippen molar-refractivity contribution in [3.05, 3.63) is 97.2 Å². The van der Waals surface area contributed by atoms with E-state index < -0.39 is 32.5 Å². The molecule has 0 aromatic carbocycles. The number of hydrogen-bond donors (Lipinski definition) is 1. The van der Waals surface area contributed by atoms with Crippen LogP contribution >= 0.6 is 7.82 Å². The number of aliphatic hydroxyl groups excluding tert-OH is 1. The van der Waals surface area contributed by atoms with Gasteiger partial charge in [-0.1, -0.05) is 123 Å². The summed E-state index contributed by atoms with van der Waals surface area (Å²) in [7, 11) is 1.08. The molecule has 0 aliphatic rings. The van der Waals surface area contributed by atoms with Crippen molar-refractivity contribution in [3.63, 3.8) is 0 Å². The van der Waals surface area contributed by atoms with Gasteiger partial charge >= 0.3 is 11.9 Å². The largest absolute Gasteiger partial charge is 0.756 e. The maximum Gasteiger partial charge on any atom is 0.306 e. The Morgan fingerprint density at radius 2 is 1.02 bits per heavy atom. The van der Waals surface area contributed by atoms with Crippen LogP contribution in [0.15, 0.2) is 97.2 Å². The third-order valence-corrected chi connectivity index (χ3v) is 9.61. The van der Waals surface area contributed by atoms with E-state index in [1.165, 1.54) is 0 Å². The molecule has 1 unspecified atom stereocenters. The van der Waals surface area contributed by atoms with E-state index in [4.69, 9.17) is 23.6 Å². The minimum atomic E-state index is -4.66. The lowest BCUT2D eigenvalue weighted by Crippen LogP contribution is -2.37. The van der Waals surface area contributed by atoms with E-state index in [2.05, 4.69) is 98.1 Å². The zero-order valence-corrected chi connectivity index (χ0v) is 38.0. The average molecular weight is 846 g/mol. The van der Waals surface area contributed by atoms with Gasteiger partial charge in [-0.05, 0) is 96.3 Å². The molecule has 59 heavy (non-hydrogen) atoms. The maximum atomic E-state index is 12.7. The van der Waals surface area contributed by atoms with Gasteiger partial charge in [0.25, 0.3) is 7.82 Å². The number of esters is 2. The van der Waals surface area contributed by atoms with Gasteiger partial charge in [0.2, 0.25) is 0 Å². The third-order valence-electron chi connectivity index (χ3n) is 8.64. The summed E-state index contributed by atoms with van der Waals surface area (Å²) >= 11 is 0. The lowest BCUT2D eigenvalue weighted by Gasteiger charge is -2.28. The number of unbranched alkanes of at least 4 members (excludes halogenated alkanes) is 8. The van der Waals surface area contributed by atoms with Crippen LogP contribution in [0, 0.1) is 0 Å². The van der Waals surface area contributed by atoms with Crippen LogP contribution in [0.1, 0.15) is 135 Å². The maximum absolute atomic E-state index is 12.7. The number of rotatable bonds is 39. The highest BCUT2D eigenvalue weighted by Gasteiger charge is 2.21. The van der Waals surface area contributed by atoms with Gasteiger partial charge in [0, 0.05) is 19.4 Å². The molecule has 0 aromatic rings. The molecule has 0 aliphatic heterocycles. The Morgan fingerprint density at radius 1 is 0.576 bits per heavy atom. The molecule has 0 fully saturated rings. The van der Waals surface area contributed by atoms with Crippen LogP contribution in [0.5, 0.6) is 0 Å². The number of carbonyl (C=O) groups is 2. The summed E-state index contributed by atoms with van der Waals surface area (Å²) in [4.78, 5) is 37.5. The lowest BCUT2D eigenvalue weighted by atomic mass is 10.1. The monoisotopic (exact) mass is 846 g/mol. The van der Waals surface area contributed by atoms with Crippen molar-refractivity contribution in [3.8, 4) is 0 Å². The minimum absolute atomic E-state index is 0.0560. The fourth-order valence-corrected chi connectivity index (χ4v) is 5.93. The molecule has 0 radical (unpaired) electrons. The van der Waals surface area contributed by atoms with Crippen molar-refractivity contribution in [1.29, 1.82) is 0 Å². The number of ether oxygens (including phenoxy) is 2. The first-order valence-electron chi connectivity index (χ1n) is 22.1. The number of likely N-dealkylation sites (N-methyl/N-ethyl adjacent to an activating group) is 1. The first-order valence-corrected chi connectivity index (χ1v) is 23.5. The second kappa shape index (κ2) is 40.3. The molecule has 2 atom stereocenters. The molecular weight excluding hydrogens is 765 g/mol. The van der Waals surface area contributed by atoms with Crippen molar-refractivity contribution in [2.45, 2.75) is 141 Å². The summed E-state index contributed by atoms with van der Waals surface area (Å²) in [6.45, 7) is 1.99. The Balaban J connectivity index is 4.52. The summed E-state index contributed by atoms with van der Waals surface area (Å²) < 4.78 is 33.8. The van der Waals surface area contributed by atoms with Crippen LogP contribution in [-0.4, -0.2) is 81.7 Å². The molecule has 0 bridgehead atoms. The van der Waals surface area contributed by atoms with Gasteiger partial charge in [0.1, 0.15) is 19.8 Å². The molecule has 0 saturated carbocycles. The van der Waals surface area contributed by atoms with E-state index in [-0.39, 0.29) is 32.7 Å². The second-order valence-electron chi connectivity index (χ2n) is 15.4. The molecule has 10 nitrogen and oxygen atoms in total. The van der Waals surface area contributed by atoms with Crippen molar-refractivity contribution in [2.24, 2.45) is 0 Å². The van der Waals surface area contributed by atoms with Crippen LogP contribution < -0.4 is 4.89 Å². The van der Waals surface area contributed by atoms with Gasteiger partial charge in [-0.25, -0.2) is 0 Å². The highest BCUT2D eigenvalue weighted by molar-refractivity contribution is 7.45. The Kier molecular flexibility index (Phi) is 38.2. The molecule has 1 N–H and O–H groups in total. The average Bonchev–Trinajstić information content (AvgIpc) is 3.19. The summed E-state index contributed by atoms with van der Waals surface area (Å²) in [5.74, 6) is -0.954. The number of allylic oxidation sites excluding steroid dienone is 16. The van der Waals surface area contributed by atoms with E-state index in [1.807, 2.05) is 27.2 Å². The fourth-order valence-electron chi connectivity index (χ4n) is 5.20. The number of phosphoric acid groups is 1. The number of quaternary nitrogens is 1. The first kappa shape index (κ1) is 55.9. The predicted octanol–water partition coefficient (Wildman–Crippen LogP) is 10.9. The predicted molar refractivity (Wildman–Crippen MR) is 241 cm³/mol. The van der Waals surface area contributed by atoms with Crippen molar-refractivity contribution >= 4 is 19.8 Å². The topological polar surface area (TPSA) is 131 Å². The quantitative estimate of drug-likeness (QED) is 0.0211. The smallest absolute Gasteiger partial charge is 0.306 e. The van der Waals surface area contributed by atoms with E-state index in [0.29, 0.717) is 30.3 Å². The molecule has 0 amide bonds. The molecule has 0 spiro atoms. The molecule has 0 rings (SSSR count). The highest BCUT2D eigenvalue weighted by Crippen LogP contribution is 2.38. The van der Waals surface area contributed by atoms with E-state index in [9.17, 15) is 19.0 Å². The van der Waals surface area contributed by atoms with Crippen LogP contribution in [0.3, 0.4) is 0 Å². The Hall–Kier alpha value is -3.11. The standard InChI is InChI=1S/C48H80NO9P/c1-5-6-7-8-9-10-11-12-13-15-18-21-24-27-30-33-36-39-47(51)55-44-46(45-57-59(53,54)56-43-41-49(2,3)4)58-48(52)40-37-34-31-28-25-22-19-16-14-17-20-23-26-29-32-35-38-42-50/h6-7,9-10,12-14,17-19,21-23,26,28,31,46,50H,5,8,11,15-16,20,24-25,27,29-30,32-45H2,1-4H3/b7-6-,10-9-,13-12-,17-14-,21-18-,22-19-,26-23-,31-28-/t46-/m1/s1. The SMILES string of the molecule is CC/C=C\C/C=C\C/C=C\C/C=C\CCCCCCC(=O)OC[C@H](COP(=O)([O-])OCC[N+](C)(C)C)OC(=O)CCC/C=C\C/C=C\C/C=C\C/C=C\CCCCCO. The molecular formula is C48H80NO9P. The Morgan fingerprint density at radius 3 is 1.51 bits per heavy atom. The number of hydrogen-bond acceptors (Lipinski definition) is 9. The normalized spacial score (nSPS) is 14.5. The first-order chi connectivity index (χ1) is 28.5.